The van der Waals surface area contributed by atoms with Gasteiger partial charge in [-0.25, -0.2) is 0 Å². The Morgan fingerprint density at radius 3 is 2.50 bits per heavy atom. The standard InChI is InChI=1S/C6H5Br3O/c7-4-3-6(8,9)2-1-5(4)10/h1,3,10H,2H2. The molecule has 1 rings (SSSR count). The summed E-state index contributed by atoms with van der Waals surface area (Å²) >= 11 is 10.0. The van der Waals surface area contributed by atoms with Crippen LogP contribution in [0.25, 0.3) is 0 Å². The molecule has 0 atom stereocenters. The number of rotatable bonds is 0. The second-order valence-electron chi connectivity index (χ2n) is 2.05. The lowest BCUT2D eigenvalue weighted by Crippen LogP contribution is -2.10. The maximum Gasteiger partial charge on any atom is 0.125 e. The van der Waals surface area contributed by atoms with E-state index in [0.29, 0.717) is 10.2 Å². The average Bonchev–Trinajstić information content (AvgIpc) is 1.79. The summed E-state index contributed by atoms with van der Waals surface area (Å²) in [6.45, 7) is 0. The van der Waals surface area contributed by atoms with Crippen molar-refractivity contribution >= 4 is 47.8 Å². The predicted octanol–water partition coefficient (Wildman–Crippen LogP) is 3.60. The quantitative estimate of drug-likeness (QED) is 0.672. The van der Waals surface area contributed by atoms with Crippen LogP contribution in [0.3, 0.4) is 0 Å². The molecule has 56 valence electrons. The molecular weight excluding hydrogens is 328 g/mol. The Kier molecular flexibility index (Phi) is 2.64. The molecule has 0 heterocycles. The summed E-state index contributed by atoms with van der Waals surface area (Å²) in [6, 6.07) is 0. The fourth-order valence-corrected chi connectivity index (χ4v) is 2.60. The van der Waals surface area contributed by atoms with Gasteiger partial charge in [0.1, 0.15) is 8.99 Å². The molecule has 1 nitrogen and oxygen atoms in total. The van der Waals surface area contributed by atoms with Gasteiger partial charge < -0.3 is 5.11 Å². The summed E-state index contributed by atoms with van der Waals surface area (Å²) in [6.07, 6.45) is 4.35. The molecule has 0 radical (unpaired) electrons. The van der Waals surface area contributed by atoms with Gasteiger partial charge in [0, 0.05) is 0 Å². The first-order chi connectivity index (χ1) is 4.51. The smallest absolute Gasteiger partial charge is 0.125 e. The Morgan fingerprint density at radius 1 is 1.50 bits per heavy atom. The summed E-state index contributed by atoms with van der Waals surface area (Å²) < 4.78 is 0.526. The Morgan fingerprint density at radius 2 is 2.10 bits per heavy atom. The molecule has 0 bridgehead atoms. The Balaban J connectivity index is 2.87. The summed E-state index contributed by atoms with van der Waals surface area (Å²) in [5.41, 5.74) is 0. The number of hydrogen-bond acceptors (Lipinski definition) is 1. The minimum atomic E-state index is -0.189. The van der Waals surface area contributed by atoms with Crippen molar-refractivity contribution in [2.45, 2.75) is 9.65 Å². The lowest BCUT2D eigenvalue weighted by atomic mass is 10.2. The molecule has 0 spiro atoms. The predicted molar refractivity (Wildman–Crippen MR) is 52.9 cm³/mol. The third kappa shape index (κ3) is 2.10. The molecule has 4 heteroatoms. The number of hydrogen-bond donors (Lipinski definition) is 1. The van der Waals surface area contributed by atoms with Crippen LogP contribution in [-0.2, 0) is 0 Å². The van der Waals surface area contributed by atoms with E-state index >= 15 is 0 Å². The average molecular weight is 333 g/mol. The summed E-state index contributed by atoms with van der Waals surface area (Å²) in [4.78, 5) is 0. The lowest BCUT2D eigenvalue weighted by Gasteiger charge is -2.18. The van der Waals surface area contributed by atoms with Crippen molar-refractivity contribution < 1.29 is 5.11 Å². The Hall–Kier alpha value is 0.720. The van der Waals surface area contributed by atoms with Crippen molar-refractivity contribution in [1.82, 2.24) is 0 Å². The van der Waals surface area contributed by atoms with E-state index in [1.54, 1.807) is 6.08 Å². The van der Waals surface area contributed by atoms with Crippen LogP contribution in [0.4, 0.5) is 0 Å². The molecule has 1 aliphatic rings. The van der Waals surface area contributed by atoms with Crippen LogP contribution in [0.1, 0.15) is 6.42 Å². The van der Waals surface area contributed by atoms with Crippen LogP contribution in [0.15, 0.2) is 22.4 Å². The van der Waals surface area contributed by atoms with Crippen molar-refractivity contribution in [3.05, 3.63) is 22.4 Å². The van der Waals surface area contributed by atoms with E-state index < -0.39 is 0 Å². The first kappa shape index (κ1) is 8.81. The summed E-state index contributed by atoms with van der Waals surface area (Å²) in [5, 5.41) is 9.11. The Labute approximate surface area is 84.6 Å². The third-order valence-corrected chi connectivity index (χ3v) is 2.89. The topological polar surface area (TPSA) is 20.2 Å². The second-order valence-corrected chi connectivity index (χ2v) is 6.80. The maximum atomic E-state index is 9.11. The van der Waals surface area contributed by atoms with Crippen molar-refractivity contribution in [2.75, 3.05) is 0 Å². The molecule has 0 saturated heterocycles. The molecule has 0 saturated carbocycles. The van der Waals surface area contributed by atoms with Gasteiger partial charge in [-0.1, -0.05) is 31.9 Å². The Bertz CT molecular complexity index is 205. The highest BCUT2D eigenvalue weighted by molar-refractivity contribution is 9.25. The van der Waals surface area contributed by atoms with Crippen LogP contribution in [0.5, 0.6) is 0 Å². The number of halogens is 3. The summed E-state index contributed by atoms with van der Waals surface area (Å²) in [5.74, 6) is 0.300. The largest absolute Gasteiger partial charge is 0.507 e. The molecule has 0 aliphatic heterocycles. The monoisotopic (exact) mass is 330 g/mol. The highest BCUT2D eigenvalue weighted by atomic mass is 79.9. The van der Waals surface area contributed by atoms with Gasteiger partial charge in [0.15, 0.2) is 0 Å². The SMILES string of the molecule is OC1=CCC(Br)(Br)C=C1Br. The second kappa shape index (κ2) is 2.99. The molecular formula is C6H5Br3O. The molecule has 0 fully saturated rings. The minimum absolute atomic E-state index is 0.189. The van der Waals surface area contributed by atoms with Gasteiger partial charge in [-0.05, 0) is 34.5 Å². The van der Waals surface area contributed by atoms with Crippen molar-refractivity contribution in [2.24, 2.45) is 0 Å². The first-order valence-corrected chi connectivity index (χ1v) is 5.05. The fraction of sp³-hybridized carbons (Fsp3) is 0.333. The molecule has 0 aromatic carbocycles. The molecule has 10 heavy (non-hydrogen) atoms. The zero-order valence-electron chi connectivity index (χ0n) is 4.94. The van der Waals surface area contributed by atoms with Gasteiger partial charge in [0.2, 0.25) is 0 Å². The van der Waals surface area contributed by atoms with Crippen LogP contribution < -0.4 is 0 Å². The molecule has 1 N–H and O–H groups in total. The van der Waals surface area contributed by atoms with Gasteiger partial charge in [-0.15, -0.1) is 0 Å². The van der Waals surface area contributed by atoms with Crippen LogP contribution in [0.2, 0.25) is 0 Å². The van der Waals surface area contributed by atoms with Gasteiger partial charge >= 0.3 is 0 Å². The lowest BCUT2D eigenvalue weighted by molar-refractivity contribution is 0.425. The number of aliphatic hydroxyl groups is 1. The molecule has 1 aliphatic carbocycles. The van der Waals surface area contributed by atoms with Crippen LogP contribution in [-0.4, -0.2) is 8.34 Å². The van der Waals surface area contributed by atoms with E-state index in [1.165, 1.54) is 0 Å². The zero-order chi connectivity index (χ0) is 7.78. The van der Waals surface area contributed by atoms with Gasteiger partial charge in [-0.3, -0.25) is 0 Å². The minimum Gasteiger partial charge on any atom is -0.507 e. The van der Waals surface area contributed by atoms with Crippen molar-refractivity contribution in [1.29, 1.82) is 0 Å². The number of alkyl halides is 2. The van der Waals surface area contributed by atoms with E-state index in [-0.39, 0.29) is 3.23 Å². The van der Waals surface area contributed by atoms with E-state index in [2.05, 4.69) is 47.8 Å². The highest BCUT2D eigenvalue weighted by Gasteiger charge is 2.23. The third-order valence-electron chi connectivity index (χ3n) is 1.15. The van der Waals surface area contributed by atoms with E-state index in [0.717, 1.165) is 6.42 Å². The normalized spacial score (nSPS) is 23.5. The molecule has 0 amide bonds. The van der Waals surface area contributed by atoms with Crippen LogP contribution in [0, 0.1) is 0 Å². The first-order valence-electron chi connectivity index (χ1n) is 2.67. The molecule has 0 aromatic rings. The van der Waals surface area contributed by atoms with E-state index in [9.17, 15) is 0 Å². The number of aliphatic hydroxyl groups excluding tert-OH is 1. The van der Waals surface area contributed by atoms with Gasteiger partial charge in [0.05, 0.1) is 4.48 Å². The van der Waals surface area contributed by atoms with Gasteiger partial charge in [-0.2, -0.15) is 0 Å². The number of allylic oxidation sites excluding steroid dienone is 3. The molecule has 0 aromatic heterocycles. The highest BCUT2D eigenvalue weighted by Crippen LogP contribution is 2.39. The van der Waals surface area contributed by atoms with Crippen LogP contribution >= 0.6 is 47.8 Å². The zero-order valence-corrected chi connectivity index (χ0v) is 9.70. The van der Waals surface area contributed by atoms with Gasteiger partial charge in [0.25, 0.3) is 0 Å². The molecule has 0 unspecified atom stereocenters. The fourth-order valence-electron chi connectivity index (χ4n) is 0.649. The summed E-state index contributed by atoms with van der Waals surface area (Å²) in [7, 11) is 0. The van der Waals surface area contributed by atoms with Crippen molar-refractivity contribution in [3.63, 3.8) is 0 Å². The van der Waals surface area contributed by atoms with Crippen molar-refractivity contribution in [3.8, 4) is 0 Å². The van der Waals surface area contributed by atoms with E-state index in [4.69, 9.17) is 5.11 Å². The van der Waals surface area contributed by atoms with E-state index in [1.807, 2.05) is 6.08 Å². The maximum absolute atomic E-state index is 9.11.